The van der Waals surface area contributed by atoms with Gasteiger partial charge in [0.25, 0.3) is 5.56 Å². The van der Waals surface area contributed by atoms with E-state index in [4.69, 9.17) is 35.3 Å². The van der Waals surface area contributed by atoms with Crippen molar-refractivity contribution >= 4 is 35.0 Å². The Labute approximate surface area is 275 Å². The van der Waals surface area contributed by atoms with Gasteiger partial charge in [-0.25, -0.2) is 9.79 Å². The topological polar surface area (TPSA) is 97.6 Å². The summed E-state index contributed by atoms with van der Waals surface area (Å²) >= 11 is 7.55. The van der Waals surface area contributed by atoms with Crippen molar-refractivity contribution in [1.82, 2.24) is 4.57 Å². The molecule has 0 saturated carbocycles. The molecule has 0 aliphatic carbocycles. The van der Waals surface area contributed by atoms with Crippen LogP contribution in [0, 0.1) is 0 Å². The van der Waals surface area contributed by atoms with Crippen molar-refractivity contribution in [3.63, 3.8) is 0 Å². The summed E-state index contributed by atoms with van der Waals surface area (Å²) in [7, 11) is 1.56. The Morgan fingerprint density at radius 2 is 1.65 bits per heavy atom. The number of esters is 1. The summed E-state index contributed by atoms with van der Waals surface area (Å²) in [6, 6.07) is 17.6. The molecule has 3 aromatic carbocycles. The lowest BCUT2D eigenvalue weighted by molar-refractivity contribution is -0.139. The number of aromatic nitrogens is 1. The van der Waals surface area contributed by atoms with Crippen molar-refractivity contribution in [3.05, 3.63) is 113 Å². The van der Waals surface area contributed by atoms with Gasteiger partial charge in [-0.15, -0.1) is 0 Å². The van der Waals surface area contributed by atoms with Gasteiger partial charge in [0.15, 0.2) is 27.8 Å². The van der Waals surface area contributed by atoms with Gasteiger partial charge in [-0.1, -0.05) is 53.3 Å². The first-order valence-corrected chi connectivity index (χ1v) is 16.1. The smallest absolute Gasteiger partial charge is 0.338 e. The molecule has 1 atom stereocenters. The van der Waals surface area contributed by atoms with Crippen molar-refractivity contribution in [2.24, 2.45) is 4.99 Å². The standard InChI is InChI=1S/C35H35ClN2O7S/c1-6-42-28-17-22(13-15-27(28)45-20-24-11-9-10-12-25(24)36)18-30-33(39)38-32(23-14-16-26(41-5)29(19-23)43-7-2)31(34(40)44-8-3)21(4)37-35(38)46-30/h9-19,32H,6-8,20H2,1-5H3/b30-18-/t32-/m0/s1. The first-order chi connectivity index (χ1) is 22.3. The van der Waals surface area contributed by atoms with Crippen LogP contribution in [-0.2, 0) is 16.1 Å². The number of nitrogens with zero attached hydrogens (tertiary/aromatic N) is 2. The molecule has 1 aromatic heterocycles. The zero-order valence-electron chi connectivity index (χ0n) is 26.3. The molecule has 0 spiro atoms. The van der Waals surface area contributed by atoms with Gasteiger partial charge >= 0.3 is 5.97 Å². The van der Waals surface area contributed by atoms with Crippen LogP contribution in [0.2, 0.25) is 5.02 Å². The number of ether oxygens (including phenoxy) is 5. The average molecular weight is 663 g/mol. The minimum absolute atomic E-state index is 0.180. The van der Waals surface area contributed by atoms with Gasteiger partial charge in [-0.3, -0.25) is 9.36 Å². The number of halogens is 1. The maximum Gasteiger partial charge on any atom is 0.338 e. The van der Waals surface area contributed by atoms with Gasteiger partial charge < -0.3 is 23.7 Å². The molecule has 4 aromatic rings. The molecule has 2 heterocycles. The molecule has 240 valence electrons. The fourth-order valence-electron chi connectivity index (χ4n) is 5.16. The summed E-state index contributed by atoms with van der Waals surface area (Å²) in [5.41, 5.74) is 2.71. The Kier molecular flexibility index (Phi) is 10.5. The Hall–Kier alpha value is -4.54. The van der Waals surface area contributed by atoms with Crippen molar-refractivity contribution in [1.29, 1.82) is 0 Å². The van der Waals surface area contributed by atoms with Gasteiger partial charge in [-0.05, 0) is 75.2 Å². The molecule has 46 heavy (non-hydrogen) atoms. The largest absolute Gasteiger partial charge is 0.493 e. The van der Waals surface area contributed by atoms with E-state index in [1.54, 1.807) is 39.2 Å². The second-order valence-electron chi connectivity index (χ2n) is 10.2. The Morgan fingerprint density at radius 1 is 0.935 bits per heavy atom. The molecular formula is C35H35ClN2O7S. The molecule has 11 heteroatoms. The quantitative estimate of drug-likeness (QED) is 0.176. The molecule has 5 rings (SSSR count). The minimum Gasteiger partial charge on any atom is -0.493 e. The lowest BCUT2D eigenvalue weighted by atomic mass is 9.95. The number of benzene rings is 3. The summed E-state index contributed by atoms with van der Waals surface area (Å²) in [5, 5.41) is 0.621. The Bertz CT molecular complexity index is 1960. The van der Waals surface area contributed by atoms with E-state index in [0.717, 1.165) is 11.1 Å². The number of allylic oxidation sites excluding steroid dienone is 1. The van der Waals surface area contributed by atoms with Crippen LogP contribution in [0.25, 0.3) is 6.08 Å². The van der Waals surface area contributed by atoms with Gasteiger partial charge in [-0.2, -0.15) is 0 Å². The van der Waals surface area contributed by atoms with E-state index >= 15 is 0 Å². The van der Waals surface area contributed by atoms with Gasteiger partial charge in [0.2, 0.25) is 0 Å². The third-order valence-corrected chi connectivity index (χ3v) is 8.58. The third kappa shape index (κ3) is 6.83. The number of hydrogen-bond acceptors (Lipinski definition) is 9. The highest BCUT2D eigenvalue weighted by Crippen LogP contribution is 2.36. The molecule has 1 aliphatic heterocycles. The number of rotatable bonds is 12. The molecule has 0 amide bonds. The number of carbonyl (C=O) groups excluding carboxylic acids is 1. The van der Waals surface area contributed by atoms with Crippen LogP contribution < -0.4 is 33.8 Å². The highest BCUT2D eigenvalue weighted by Gasteiger charge is 2.34. The van der Waals surface area contributed by atoms with Gasteiger partial charge in [0.05, 0.1) is 48.8 Å². The van der Waals surface area contributed by atoms with E-state index in [0.29, 0.717) is 61.8 Å². The molecular weight excluding hydrogens is 628 g/mol. The second-order valence-corrected chi connectivity index (χ2v) is 11.6. The SMILES string of the molecule is CCOC(=O)C1=C(C)N=c2s/c(=C\c3ccc(OCc4ccccc4Cl)c(OCC)c3)c(=O)n2[C@H]1c1ccc(OC)c(OCC)c1. The lowest BCUT2D eigenvalue weighted by Crippen LogP contribution is -2.40. The zero-order chi connectivity index (χ0) is 32.8. The van der Waals surface area contributed by atoms with Crippen LogP contribution in [0.5, 0.6) is 23.0 Å². The minimum atomic E-state index is -0.790. The predicted octanol–water partition coefficient (Wildman–Crippen LogP) is 5.84. The third-order valence-electron chi connectivity index (χ3n) is 7.23. The Morgan fingerprint density at radius 3 is 2.35 bits per heavy atom. The van der Waals surface area contributed by atoms with E-state index in [9.17, 15) is 9.59 Å². The van der Waals surface area contributed by atoms with Crippen molar-refractivity contribution < 1.29 is 28.5 Å². The summed E-state index contributed by atoms with van der Waals surface area (Å²) < 4.78 is 30.6. The number of methoxy groups -OCH3 is 1. The molecule has 0 unspecified atom stereocenters. The molecule has 1 aliphatic rings. The highest BCUT2D eigenvalue weighted by molar-refractivity contribution is 7.07. The number of hydrogen-bond donors (Lipinski definition) is 0. The van der Waals surface area contributed by atoms with Crippen molar-refractivity contribution in [3.8, 4) is 23.0 Å². The normalized spacial score (nSPS) is 14.4. The molecule has 0 saturated heterocycles. The summed E-state index contributed by atoms with van der Waals surface area (Å²) in [4.78, 5) is 32.5. The van der Waals surface area contributed by atoms with Gasteiger partial charge in [0.1, 0.15) is 6.61 Å². The second kappa shape index (κ2) is 14.7. The first kappa shape index (κ1) is 32.8. The number of carbonyl (C=O) groups is 1. The summed E-state index contributed by atoms with van der Waals surface area (Å²) in [6.45, 7) is 8.54. The van der Waals surface area contributed by atoms with Crippen LogP contribution in [0.4, 0.5) is 0 Å². The molecule has 0 radical (unpaired) electrons. The molecule has 0 N–H and O–H groups in total. The maximum atomic E-state index is 14.1. The average Bonchev–Trinajstić information content (AvgIpc) is 3.34. The Balaban J connectivity index is 1.59. The van der Waals surface area contributed by atoms with Crippen LogP contribution in [0.1, 0.15) is 50.4 Å². The van der Waals surface area contributed by atoms with Gasteiger partial charge in [0, 0.05) is 10.6 Å². The molecule has 0 bridgehead atoms. The van der Waals surface area contributed by atoms with E-state index in [-0.39, 0.29) is 24.3 Å². The maximum absolute atomic E-state index is 14.1. The lowest BCUT2D eigenvalue weighted by Gasteiger charge is -2.25. The van der Waals surface area contributed by atoms with E-state index in [1.807, 2.05) is 62.4 Å². The van der Waals surface area contributed by atoms with E-state index in [2.05, 4.69) is 4.99 Å². The summed E-state index contributed by atoms with van der Waals surface area (Å²) in [5.74, 6) is 1.60. The predicted molar refractivity (Wildman–Crippen MR) is 178 cm³/mol. The van der Waals surface area contributed by atoms with Crippen molar-refractivity contribution in [2.75, 3.05) is 26.9 Å². The fraction of sp³-hybridized carbons (Fsp3) is 0.286. The summed E-state index contributed by atoms with van der Waals surface area (Å²) in [6.07, 6.45) is 1.78. The fourth-order valence-corrected chi connectivity index (χ4v) is 6.40. The van der Waals surface area contributed by atoms with Crippen LogP contribution in [0.15, 0.2) is 81.7 Å². The van der Waals surface area contributed by atoms with Crippen molar-refractivity contribution in [2.45, 2.75) is 40.3 Å². The monoisotopic (exact) mass is 662 g/mol. The van der Waals surface area contributed by atoms with E-state index in [1.165, 1.54) is 15.9 Å². The molecule has 9 nitrogen and oxygen atoms in total. The van der Waals surface area contributed by atoms with Crippen LogP contribution in [0.3, 0.4) is 0 Å². The molecule has 0 fully saturated rings. The number of fused-ring (bicyclic) bond motifs is 1. The van der Waals surface area contributed by atoms with Crippen LogP contribution >= 0.6 is 22.9 Å². The zero-order valence-corrected chi connectivity index (χ0v) is 27.9. The highest BCUT2D eigenvalue weighted by atomic mass is 35.5. The number of thiazole rings is 1. The van der Waals surface area contributed by atoms with E-state index < -0.39 is 12.0 Å². The van der Waals surface area contributed by atoms with Crippen LogP contribution in [-0.4, -0.2) is 37.5 Å². The first-order valence-electron chi connectivity index (χ1n) is 14.9.